The fraction of sp³-hybridized carbons (Fsp3) is 0.419. The lowest BCUT2D eigenvalue weighted by Crippen LogP contribution is -2.61. The third kappa shape index (κ3) is 31.1. The summed E-state index contributed by atoms with van der Waals surface area (Å²) in [5.41, 5.74) is 8.86. The molecule has 1 saturated heterocycles. The van der Waals surface area contributed by atoms with Crippen LogP contribution in [0.5, 0.6) is 11.5 Å². The van der Waals surface area contributed by atoms with E-state index < -0.39 is 205 Å². The van der Waals surface area contributed by atoms with E-state index in [0.717, 1.165) is 36.3 Å². The number of rotatable bonds is 23. The van der Waals surface area contributed by atoms with Crippen molar-refractivity contribution in [1.29, 1.82) is 0 Å². The minimum atomic E-state index is -1.92. The molecule has 0 spiro atoms. The molecule has 0 aliphatic carbocycles. The number of halogens is 2. The van der Waals surface area contributed by atoms with Gasteiger partial charge in [0.05, 0.1) is 41.9 Å². The van der Waals surface area contributed by atoms with Crippen molar-refractivity contribution in [3.8, 4) is 11.5 Å². The van der Waals surface area contributed by atoms with E-state index in [1.54, 1.807) is 125 Å². The van der Waals surface area contributed by atoms with Crippen molar-refractivity contribution in [3.05, 3.63) is 201 Å². The average Bonchev–Trinajstić information content (AvgIpc) is 1.80. The number of thioether (sulfide) groups is 1. The molecule has 0 unspecified atom stereocenters. The number of phenols is 2. The fourth-order valence-corrected chi connectivity index (χ4v) is 16.2. The van der Waals surface area contributed by atoms with E-state index >= 15 is 38.4 Å². The fourth-order valence-electron chi connectivity index (χ4n) is 15.0. The summed E-state index contributed by atoms with van der Waals surface area (Å²) < 4.78 is 0. The zero-order valence-corrected chi connectivity index (χ0v) is 77.0. The number of likely N-dealkylation sites (N-methyl/N-ethyl adjacent to an activating group) is 5. The molecule has 38 heteroatoms. The predicted octanol–water partition coefficient (Wildman–Crippen LogP) is 3.63. The molecule has 702 valence electrons. The average molecular weight is 1870 g/mol. The summed E-state index contributed by atoms with van der Waals surface area (Å²) >= 11 is 13.7. The number of carboxylic acid groups (broad SMARTS) is 1. The number of nitrogens with two attached hydrogens (primary N) is 1. The molecular formula is C93H116Cl2N16O19S. The molecule has 0 bridgehead atoms. The number of unbranched alkanes of at least 4 members (excludes halogenated alkanes) is 1. The van der Waals surface area contributed by atoms with Gasteiger partial charge in [0, 0.05) is 96.6 Å². The maximum Gasteiger partial charge on any atom is 0.305 e. The highest BCUT2D eigenvalue weighted by Gasteiger charge is 2.42. The summed E-state index contributed by atoms with van der Waals surface area (Å²) in [5.74, 6) is -17.9. The number of H-pyrrole nitrogens is 1. The molecule has 131 heavy (non-hydrogen) atoms. The SMILES string of the molecule is CCCC[C@H]1C(=O)N(C)CC(=O)N[C@@H](CC(=O)O)C(=O)N[C@@H](C(C)C)C(=O)N(C)[C@@H](Cc2ccccc2)C(=O)N[C@@H](Cc2ccc(O)cc2)C(=O)N(C)CC(=O)N[C@@H](Cc2c[nH]c3ccccc23)C(=O)N[C@@H](Cc2ccc(O)cc2)C(=O)N[C@@H](CC(C)C)C(=O)N[C@H](C(=O)NCC(N)=O)CSCC(=O)N[C@@H](Cc2ccc(Cl)c(Cl)c2)C(=O)N(C)[C@@H](Cc2ccccc2)C(=O)N1C. The molecule has 0 saturated carbocycles. The summed E-state index contributed by atoms with van der Waals surface area (Å²) in [4.78, 5) is 244. The van der Waals surface area contributed by atoms with Crippen molar-refractivity contribution in [3.63, 3.8) is 0 Å². The van der Waals surface area contributed by atoms with Gasteiger partial charge in [-0.1, -0.05) is 180 Å². The number of aromatic nitrogens is 1. The number of amides is 15. The quantitative estimate of drug-likeness (QED) is 0.0435. The van der Waals surface area contributed by atoms with E-state index in [4.69, 9.17) is 28.9 Å². The molecule has 6 aromatic carbocycles. The van der Waals surface area contributed by atoms with Gasteiger partial charge in [0.15, 0.2) is 0 Å². The van der Waals surface area contributed by atoms with Crippen LogP contribution in [0.3, 0.4) is 0 Å². The molecule has 1 aliphatic heterocycles. The summed E-state index contributed by atoms with van der Waals surface area (Å²) in [7, 11) is 6.45. The van der Waals surface area contributed by atoms with Crippen LogP contribution < -0.4 is 53.6 Å². The first kappa shape index (κ1) is 103. The largest absolute Gasteiger partial charge is 0.508 e. The van der Waals surface area contributed by atoms with Gasteiger partial charge in [0.25, 0.3) is 0 Å². The van der Waals surface area contributed by atoms with Gasteiger partial charge in [-0.05, 0) is 101 Å². The van der Waals surface area contributed by atoms with Crippen LogP contribution in [-0.2, 0) is 115 Å². The smallest absolute Gasteiger partial charge is 0.305 e. The number of carboxylic acids is 1. The van der Waals surface area contributed by atoms with Crippen molar-refractivity contribution < 1.29 is 92.0 Å². The molecule has 35 nitrogen and oxygen atoms in total. The van der Waals surface area contributed by atoms with Crippen molar-refractivity contribution in [2.75, 3.05) is 66.4 Å². The van der Waals surface area contributed by atoms with Gasteiger partial charge in [0.2, 0.25) is 88.6 Å². The Balaban J connectivity index is 1.22. The van der Waals surface area contributed by atoms with Crippen LogP contribution in [0.4, 0.5) is 0 Å². The normalized spacial score (nSPS) is 21.8. The molecule has 11 atom stereocenters. The maximum atomic E-state index is 15.6. The highest BCUT2D eigenvalue weighted by atomic mass is 35.5. The number of aromatic amines is 1. The van der Waals surface area contributed by atoms with E-state index in [1.807, 2.05) is 6.92 Å². The Kier molecular flexibility index (Phi) is 39.1. The number of fused-ring (bicyclic) bond motifs is 1. The number of aliphatic carboxylic acids is 1. The Morgan fingerprint density at radius 1 is 0.481 bits per heavy atom. The summed E-state index contributed by atoms with van der Waals surface area (Å²) in [5, 5.41) is 55.7. The first-order chi connectivity index (χ1) is 62.2. The number of nitrogens with one attached hydrogen (secondary N) is 10. The van der Waals surface area contributed by atoms with Gasteiger partial charge in [-0.3, -0.25) is 76.7 Å². The first-order valence-electron chi connectivity index (χ1n) is 42.9. The summed E-state index contributed by atoms with van der Waals surface area (Å²) in [6, 6.07) is 22.6. The second kappa shape index (κ2) is 49.6. The second-order valence-electron chi connectivity index (χ2n) is 33.3. The Morgan fingerprint density at radius 3 is 1.52 bits per heavy atom. The maximum absolute atomic E-state index is 15.6. The molecular weight excluding hydrogens is 1750 g/mol. The molecule has 8 rings (SSSR count). The topological polar surface area (TPSA) is 500 Å². The van der Waals surface area contributed by atoms with Gasteiger partial charge in [-0.2, -0.15) is 0 Å². The van der Waals surface area contributed by atoms with Crippen molar-refractivity contribution >= 4 is 140 Å². The standard InChI is InChI=1S/C93H116Cl2N16O19S/c1-11-12-27-74-91(128)108(7)50-79(116)100-70(46-81(118)119)87(124)106-82(54(4)5)93(130)110(9)75(43-55-21-15-13-16-22-55)88(125)104-71(41-58-30-35-62(113)36-31-58)89(126)107(6)49-78(115)99-69(45-60-47-97-66-26-20-19-25-63(60)66)86(123)103-68(40-57-28-33-61(112)34-29-57)85(122)102-67(38-53(2)3)84(121)105-73(83(120)98-48-77(96)114)51-131-52-80(117)101-72(42-59-32-37-64(94)65(95)39-59)90(127)111(10)76(92(129)109(74)8)44-56-23-17-14-18-24-56/h13-26,28-37,39,47,53-54,67-76,82,97,112-113H,11-12,27,38,40-46,48-52H2,1-10H3,(H2,96,114)(H,98,120)(H,99,115)(H,100,116)(H,101,117)(H,102,122)(H,103,123)(H,104,125)(H,105,121)(H,106,124)(H,118,119)/t67-,68-,69-,70-,71-,72-,73-,74-,75-,76-,82-/m0/s1. The number of hydrogen-bond donors (Lipinski definition) is 14. The van der Waals surface area contributed by atoms with Crippen LogP contribution in [0, 0.1) is 11.8 Å². The lowest BCUT2D eigenvalue weighted by molar-refractivity contribution is -0.151. The lowest BCUT2D eigenvalue weighted by atomic mass is 9.98. The van der Waals surface area contributed by atoms with Crippen molar-refractivity contribution in [2.45, 2.75) is 172 Å². The number of primary amides is 1. The van der Waals surface area contributed by atoms with Gasteiger partial charge < -0.3 is 98.4 Å². The van der Waals surface area contributed by atoms with Crippen LogP contribution in [0.1, 0.15) is 100 Å². The highest BCUT2D eigenvalue weighted by molar-refractivity contribution is 8.00. The molecule has 1 fully saturated rings. The van der Waals surface area contributed by atoms with E-state index in [1.165, 1.54) is 95.9 Å². The number of phenolic OH excluding ortho intramolecular Hbond substituents is 2. The van der Waals surface area contributed by atoms with Crippen LogP contribution >= 0.6 is 35.0 Å². The Bertz CT molecular complexity index is 5210. The van der Waals surface area contributed by atoms with Crippen LogP contribution in [0.15, 0.2) is 158 Å². The molecule has 0 radical (unpaired) electrons. The van der Waals surface area contributed by atoms with E-state index in [2.05, 4.69) is 52.8 Å². The van der Waals surface area contributed by atoms with Gasteiger partial charge in [0.1, 0.15) is 78.0 Å². The molecule has 1 aromatic heterocycles. The molecule has 15 N–H and O–H groups in total. The summed E-state index contributed by atoms with van der Waals surface area (Å²) in [6.45, 7) is 6.08. The second-order valence-corrected chi connectivity index (χ2v) is 35.2. The molecule has 7 aromatic rings. The first-order valence-corrected chi connectivity index (χ1v) is 44.8. The van der Waals surface area contributed by atoms with Gasteiger partial charge >= 0.3 is 5.97 Å². The number of carbonyl (C=O) groups is 16. The number of benzene rings is 6. The molecule has 15 amide bonds. The zero-order chi connectivity index (χ0) is 96.0. The number of carbonyl (C=O) groups excluding carboxylic acids is 15. The van der Waals surface area contributed by atoms with Gasteiger partial charge in [-0.15, -0.1) is 11.8 Å². The van der Waals surface area contributed by atoms with E-state index in [0.29, 0.717) is 57.1 Å². The summed E-state index contributed by atoms with van der Waals surface area (Å²) in [6.07, 6.45) is -0.222. The monoisotopic (exact) mass is 1860 g/mol. The predicted molar refractivity (Wildman–Crippen MR) is 492 cm³/mol. The zero-order valence-electron chi connectivity index (χ0n) is 74.7. The third-order valence-corrected chi connectivity index (χ3v) is 24.0. The Hall–Kier alpha value is -13.1. The minimum absolute atomic E-state index is 0.00542. The van der Waals surface area contributed by atoms with E-state index in [-0.39, 0.29) is 78.8 Å². The van der Waals surface area contributed by atoms with Crippen LogP contribution in [0.25, 0.3) is 10.9 Å². The number of hydrogen-bond acceptors (Lipinski definition) is 19. The Morgan fingerprint density at radius 2 is 0.954 bits per heavy atom. The lowest BCUT2D eigenvalue weighted by Gasteiger charge is -2.37. The van der Waals surface area contributed by atoms with Crippen molar-refractivity contribution in [2.24, 2.45) is 17.6 Å². The number of para-hydroxylation sites is 1. The van der Waals surface area contributed by atoms with Crippen LogP contribution in [-0.4, -0.2) is 272 Å². The molecule has 2 heterocycles. The Labute approximate surface area is 773 Å². The number of aromatic hydroxyl groups is 2. The number of nitrogens with zero attached hydrogens (tertiary/aromatic N) is 5. The van der Waals surface area contributed by atoms with E-state index in [9.17, 15) is 53.7 Å². The third-order valence-electron chi connectivity index (χ3n) is 22.2. The van der Waals surface area contributed by atoms with Gasteiger partial charge in [-0.25, -0.2) is 0 Å². The molecule has 1 aliphatic rings. The van der Waals surface area contributed by atoms with Crippen molar-refractivity contribution in [1.82, 2.24) is 77.3 Å². The highest BCUT2D eigenvalue weighted by Crippen LogP contribution is 2.27. The van der Waals surface area contributed by atoms with Crippen LogP contribution in [0.2, 0.25) is 10.0 Å². The minimum Gasteiger partial charge on any atom is -0.508 e.